The zero-order chi connectivity index (χ0) is 31.4. The van der Waals surface area contributed by atoms with Crippen LogP contribution in [-0.2, 0) is 19.4 Å². The SMILES string of the molecule is C/C(CCC(OS(=O)(=O)O)C(C)C)=C1/CCC2C3C(=O)CC4C[C@@H](NCCCNCCCCN)CC[C@]4(C)C3CC[C@]12C. The lowest BCUT2D eigenvalue weighted by atomic mass is 9.44. The minimum Gasteiger partial charge on any atom is -0.330 e. The number of unbranched alkanes of at least 4 members (excludes halogenated alkanes) is 1. The minimum atomic E-state index is -4.48. The molecule has 0 spiro atoms. The number of allylic oxidation sites excluding steroid dienone is 2. The molecule has 9 heteroatoms. The second-order valence-electron chi connectivity index (χ2n) is 15.2. The second-order valence-corrected chi connectivity index (χ2v) is 16.3. The molecule has 0 saturated heterocycles. The van der Waals surface area contributed by atoms with Gasteiger partial charge in [-0.25, -0.2) is 4.18 Å². The normalized spacial score (nSPS) is 36.3. The summed E-state index contributed by atoms with van der Waals surface area (Å²) in [7, 11) is -4.48. The molecule has 8 nitrogen and oxygen atoms in total. The Morgan fingerprint density at radius 1 is 1.07 bits per heavy atom. The maximum Gasteiger partial charge on any atom is 0.397 e. The Morgan fingerprint density at radius 2 is 1.81 bits per heavy atom. The van der Waals surface area contributed by atoms with E-state index in [-0.39, 0.29) is 22.7 Å². The highest BCUT2D eigenvalue weighted by molar-refractivity contribution is 7.80. The number of carbonyl (C=O) groups excluding carboxylic acids is 1. The summed E-state index contributed by atoms with van der Waals surface area (Å²) in [4.78, 5) is 14.0. The lowest BCUT2D eigenvalue weighted by molar-refractivity contribution is -0.153. The molecule has 0 aromatic carbocycles. The van der Waals surface area contributed by atoms with Crippen molar-refractivity contribution < 1.29 is 21.9 Å². The summed E-state index contributed by atoms with van der Waals surface area (Å²) < 4.78 is 37.0. The summed E-state index contributed by atoms with van der Waals surface area (Å²) >= 11 is 0. The second kappa shape index (κ2) is 14.7. The van der Waals surface area contributed by atoms with Crippen molar-refractivity contribution in [1.82, 2.24) is 10.6 Å². The van der Waals surface area contributed by atoms with Gasteiger partial charge in [-0.3, -0.25) is 9.35 Å². The van der Waals surface area contributed by atoms with E-state index in [4.69, 9.17) is 9.92 Å². The van der Waals surface area contributed by atoms with Crippen LogP contribution in [0.1, 0.15) is 118 Å². The predicted molar refractivity (Wildman–Crippen MR) is 173 cm³/mol. The molecule has 0 aliphatic heterocycles. The Kier molecular flexibility index (Phi) is 12.0. The maximum absolute atomic E-state index is 14.0. The van der Waals surface area contributed by atoms with E-state index in [2.05, 4.69) is 31.4 Å². The van der Waals surface area contributed by atoms with Gasteiger partial charge < -0.3 is 16.4 Å². The van der Waals surface area contributed by atoms with Gasteiger partial charge in [0.05, 0.1) is 6.10 Å². The third-order valence-corrected chi connectivity index (χ3v) is 12.8. The van der Waals surface area contributed by atoms with Crippen molar-refractivity contribution in [1.29, 1.82) is 0 Å². The van der Waals surface area contributed by atoms with Crippen LogP contribution in [0.4, 0.5) is 0 Å². The molecule has 0 aromatic heterocycles. The molecule has 4 aliphatic carbocycles. The van der Waals surface area contributed by atoms with E-state index < -0.39 is 16.5 Å². The van der Waals surface area contributed by atoms with Crippen LogP contribution in [0, 0.1) is 40.4 Å². The molecule has 43 heavy (non-hydrogen) atoms. The number of fused-ring (bicyclic) bond motifs is 5. The Balaban J connectivity index is 1.36. The molecule has 0 radical (unpaired) electrons. The molecule has 0 amide bonds. The summed E-state index contributed by atoms with van der Waals surface area (Å²) in [6.07, 6.45) is 12.8. The quantitative estimate of drug-likeness (QED) is 0.102. The number of hydrogen-bond acceptors (Lipinski definition) is 7. The van der Waals surface area contributed by atoms with E-state index in [0.717, 1.165) is 90.4 Å². The summed E-state index contributed by atoms with van der Waals surface area (Å²) in [5.74, 6) is 2.06. The molecule has 0 aromatic rings. The fourth-order valence-corrected chi connectivity index (χ4v) is 10.5. The van der Waals surface area contributed by atoms with Crippen molar-refractivity contribution >= 4 is 16.2 Å². The van der Waals surface area contributed by atoms with Crippen LogP contribution in [0.5, 0.6) is 0 Å². The first-order chi connectivity index (χ1) is 20.3. The van der Waals surface area contributed by atoms with E-state index in [1.165, 1.54) is 24.0 Å². The van der Waals surface area contributed by atoms with Crippen LogP contribution in [-0.4, -0.2) is 57.1 Å². The average Bonchev–Trinajstić information content (AvgIpc) is 3.29. The Labute approximate surface area is 262 Å². The van der Waals surface area contributed by atoms with Gasteiger partial charge in [-0.1, -0.05) is 38.8 Å². The van der Waals surface area contributed by atoms with Crippen molar-refractivity contribution in [2.75, 3.05) is 26.2 Å². The first kappa shape index (κ1) is 35.0. The highest BCUT2D eigenvalue weighted by Gasteiger charge is 2.61. The van der Waals surface area contributed by atoms with E-state index >= 15 is 0 Å². The van der Waals surface area contributed by atoms with Gasteiger partial charge in [0.1, 0.15) is 5.78 Å². The predicted octanol–water partition coefficient (Wildman–Crippen LogP) is 5.83. The fraction of sp³-hybridized carbons (Fsp3) is 0.912. The number of carbonyl (C=O) groups is 1. The molecule has 248 valence electrons. The Hall–Kier alpha value is -0.840. The van der Waals surface area contributed by atoms with Crippen molar-refractivity contribution in [3.05, 3.63) is 11.1 Å². The van der Waals surface area contributed by atoms with E-state index in [1.54, 1.807) is 0 Å². The zero-order valence-corrected chi connectivity index (χ0v) is 28.4. The third kappa shape index (κ3) is 8.12. The Bertz CT molecular complexity index is 1090. The smallest absolute Gasteiger partial charge is 0.330 e. The molecule has 5 unspecified atom stereocenters. The van der Waals surface area contributed by atoms with Crippen LogP contribution in [0.3, 0.4) is 0 Å². The molecule has 4 aliphatic rings. The summed E-state index contributed by atoms with van der Waals surface area (Å²) in [6.45, 7) is 14.8. The molecule has 8 atom stereocenters. The lowest BCUT2D eigenvalue weighted by Crippen LogP contribution is -2.57. The van der Waals surface area contributed by atoms with E-state index in [1.807, 2.05) is 13.8 Å². The van der Waals surface area contributed by atoms with Crippen LogP contribution in [0.25, 0.3) is 0 Å². The standard InChI is InChI=1S/C34H61N3O5S/c1-23(2)31(42-43(39,40)41)12-9-24(3)27-10-11-28-32-29(14-16-34(27,28)5)33(4)15-13-26(21-25(33)22-30(32)38)37-20-8-19-36-18-7-6-17-35/h23,25-26,28-29,31-32,36-37H,6-22,35H2,1-5H3,(H,39,40,41)/b27-24+/t25?,26-,28?,29?,31?,32?,33-,34+/m0/s1. The van der Waals surface area contributed by atoms with Gasteiger partial charge in [0.25, 0.3) is 0 Å². The highest BCUT2D eigenvalue weighted by Crippen LogP contribution is 2.67. The van der Waals surface area contributed by atoms with Crippen LogP contribution in [0.15, 0.2) is 11.1 Å². The molecule has 4 saturated carbocycles. The molecular formula is C34H61N3O5S. The molecule has 4 rings (SSSR count). The fourth-order valence-electron chi connectivity index (χ4n) is 9.83. The molecular weight excluding hydrogens is 562 g/mol. The van der Waals surface area contributed by atoms with Crippen LogP contribution in [0.2, 0.25) is 0 Å². The molecule has 0 heterocycles. The number of nitrogens with one attached hydrogen (secondary N) is 2. The Morgan fingerprint density at radius 3 is 2.51 bits per heavy atom. The van der Waals surface area contributed by atoms with Crippen molar-refractivity contribution in [2.24, 2.45) is 46.2 Å². The van der Waals surface area contributed by atoms with Crippen molar-refractivity contribution in [3.63, 3.8) is 0 Å². The molecule has 5 N–H and O–H groups in total. The largest absolute Gasteiger partial charge is 0.397 e. The van der Waals surface area contributed by atoms with Gasteiger partial charge in [0.2, 0.25) is 0 Å². The number of nitrogens with two attached hydrogens (primary N) is 1. The highest BCUT2D eigenvalue weighted by atomic mass is 32.3. The van der Waals surface area contributed by atoms with Crippen molar-refractivity contribution in [3.8, 4) is 0 Å². The molecule has 0 bridgehead atoms. The average molecular weight is 624 g/mol. The van der Waals surface area contributed by atoms with Gasteiger partial charge in [-0.15, -0.1) is 0 Å². The van der Waals surface area contributed by atoms with Crippen molar-refractivity contribution in [2.45, 2.75) is 130 Å². The third-order valence-electron chi connectivity index (χ3n) is 12.3. The van der Waals surface area contributed by atoms with Gasteiger partial charge >= 0.3 is 10.4 Å². The maximum atomic E-state index is 14.0. The van der Waals surface area contributed by atoms with Gasteiger partial charge in [0.15, 0.2) is 0 Å². The number of ketones is 1. The lowest BCUT2D eigenvalue weighted by Gasteiger charge is -2.60. The monoisotopic (exact) mass is 623 g/mol. The minimum absolute atomic E-state index is 0.0190. The first-order valence-corrected chi connectivity index (χ1v) is 18.7. The number of hydrogen-bond donors (Lipinski definition) is 4. The molecule has 4 fully saturated rings. The van der Waals surface area contributed by atoms with Crippen LogP contribution < -0.4 is 16.4 Å². The van der Waals surface area contributed by atoms with Gasteiger partial charge in [0, 0.05) is 18.4 Å². The topological polar surface area (TPSA) is 131 Å². The van der Waals surface area contributed by atoms with E-state index in [9.17, 15) is 17.8 Å². The van der Waals surface area contributed by atoms with Gasteiger partial charge in [-0.2, -0.15) is 8.42 Å². The summed E-state index contributed by atoms with van der Waals surface area (Å²) in [5.41, 5.74) is 8.68. The van der Waals surface area contributed by atoms with Gasteiger partial charge in [-0.05, 0) is 145 Å². The first-order valence-electron chi connectivity index (χ1n) is 17.3. The summed E-state index contributed by atoms with van der Waals surface area (Å²) in [5, 5.41) is 7.35. The number of rotatable bonds is 15. The zero-order valence-electron chi connectivity index (χ0n) is 27.6. The summed E-state index contributed by atoms with van der Waals surface area (Å²) in [6, 6.07) is 0.525. The number of Topliss-reactive ketones (excluding diaryl/α,β-unsaturated/α-hetero) is 1. The van der Waals surface area contributed by atoms with E-state index in [0.29, 0.717) is 36.0 Å². The van der Waals surface area contributed by atoms with Crippen LogP contribution >= 0.6 is 0 Å².